The predicted molar refractivity (Wildman–Crippen MR) is 84.3 cm³/mol. The van der Waals surface area contributed by atoms with Crippen molar-refractivity contribution in [2.75, 3.05) is 0 Å². The summed E-state index contributed by atoms with van der Waals surface area (Å²) in [7, 11) is 0. The van der Waals surface area contributed by atoms with Crippen molar-refractivity contribution in [2.45, 2.75) is 91.0 Å². The third-order valence-electron chi connectivity index (χ3n) is 2.99. The molecule has 2 heteroatoms. The molecule has 0 spiro atoms. The molecule has 0 aromatic heterocycles. The normalized spacial score (nSPS) is 12.0. The molecule has 0 saturated heterocycles. The number of rotatable bonds is 10. The van der Waals surface area contributed by atoms with Gasteiger partial charge in [0.1, 0.15) is 0 Å². The summed E-state index contributed by atoms with van der Waals surface area (Å²) in [6, 6.07) is 0. The fraction of sp³-hybridized carbons (Fsp3) is 0.824. The lowest BCUT2D eigenvalue weighted by Crippen LogP contribution is -2.39. The zero-order chi connectivity index (χ0) is 14.6. The van der Waals surface area contributed by atoms with Gasteiger partial charge in [-0.25, -0.2) is 0 Å². The SMILES string of the molecule is CCCCCCCCCC/C=C/C(=O)NC(C)(C)C. The highest BCUT2D eigenvalue weighted by atomic mass is 16.1. The smallest absolute Gasteiger partial charge is 0.244 e. The number of allylic oxidation sites excluding steroid dienone is 1. The van der Waals surface area contributed by atoms with Gasteiger partial charge in [-0.1, -0.05) is 57.9 Å². The van der Waals surface area contributed by atoms with E-state index in [4.69, 9.17) is 0 Å². The van der Waals surface area contributed by atoms with Crippen molar-refractivity contribution in [3.63, 3.8) is 0 Å². The van der Waals surface area contributed by atoms with Gasteiger partial charge in [-0.2, -0.15) is 0 Å². The van der Waals surface area contributed by atoms with E-state index in [0.717, 1.165) is 6.42 Å². The summed E-state index contributed by atoms with van der Waals surface area (Å²) < 4.78 is 0. The van der Waals surface area contributed by atoms with Crippen LogP contribution in [0.1, 0.15) is 85.5 Å². The standard InChI is InChI=1S/C17H33NO/c1-5-6-7-8-9-10-11-12-13-14-15-16(19)18-17(2,3)4/h14-15H,5-13H2,1-4H3,(H,18,19)/b15-14+. The zero-order valence-corrected chi connectivity index (χ0v) is 13.4. The minimum Gasteiger partial charge on any atom is -0.348 e. The quantitative estimate of drug-likeness (QED) is 0.438. The first-order chi connectivity index (χ1) is 8.95. The van der Waals surface area contributed by atoms with Crippen LogP contribution in [0.15, 0.2) is 12.2 Å². The first-order valence-electron chi connectivity index (χ1n) is 7.94. The van der Waals surface area contributed by atoms with Gasteiger partial charge in [0.15, 0.2) is 0 Å². The first-order valence-corrected chi connectivity index (χ1v) is 7.94. The Labute approximate surface area is 120 Å². The predicted octanol–water partition coefficient (Wildman–Crippen LogP) is 4.99. The van der Waals surface area contributed by atoms with Gasteiger partial charge < -0.3 is 5.32 Å². The second-order valence-corrected chi connectivity index (χ2v) is 6.41. The first kappa shape index (κ1) is 18.2. The van der Waals surface area contributed by atoms with Crippen LogP contribution >= 0.6 is 0 Å². The third kappa shape index (κ3) is 15.2. The lowest BCUT2D eigenvalue weighted by Gasteiger charge is -2.18. The Kier molecular flexibility index (Phi) is 10.6. The van der Waals surface area contributed by atoms with Crippen molar-refractivity contribution in [1.29, 1.82) is 0 Å². The van der Waals surface area contributed by atoms with Crippen molar-refractivity contribution in [3.8, 4) is 0 Å². The molecule has 1 amide bonds. The Morgan fingerprint density at radius 2 is 1.47 bits per heavy atom. The van der Waals surface area contributed by atoms with Gasteiger partial charge in [-0.05, 0) is 39.7 Å². The minimum absolute atomic E-state index is 0.0204. The highest BCUT2D eigenvalue weighted by Gasteiger charge is 2.10. The Morgan fingerprint density at radius 1 is 0.947 bits per heavy atom. The number of nitrogens with one attached hydrogen (secondary N) is 1. The van der Waals surface area contributed by atoms with Gasteiger partial charge in [0.05, 0.1) is 0 Å². The maximum absolute atomic E-state index is 11.5. The summed E-state index contributed by atoms with van der Waals surface area (Å²) in [5.41, 5.74) is -0.139. The lowest BCUT2D eigenvalue weighted by molar-refractivity contribution is -0.117. The molecular weight excluding hydrogens is 234 g/mol. The number of unbranched alkanes of at least 4 members (excludes halogenated alkanes) is 8. The second kappa shape index (κ2) is 11.1. The Hall–Kier alpha value is -0.790. The van der Waals surface area contributed by atoms with E-state index in [1.54, 1.807) is 6.08 Å². The van der Waals surface area contributed by atoms with Crippen LogP contribution in [0.4, 0.5) is 0 Å². The van der Waals surface area contributed by atoms with Gasteiger partial charge in [-0.3, -0.25) is 4.79 Å². The topological polar surface area (TPSA) is 29.1 Å². The molecule has 0 heterocycles. The molecule has 0 rings (SSSR count). The summed E-state index contributed by atoms with van der Waals surface area (Å²) in [5, 5.41) is 2.92. The van der Waals surface area contributed by atoms with Crippen LogP contribution in [0.3, 0.4) is 0 Å². The molecule has 112 valence electrons. The molecule has 0 unspecified atom stereocenters. The van der Waals surface area contributed by atoms with Crippen LogP contribution in [-0.4, -0.2) is 11.4 Å². The molecule has 0 aliphatic heterocycles. The summed E-state index contributed by atoms with van der Waals surface area (Å²) >= 11 is 0. The number of carbonyl (C=O) groups excluding carboxylic acids is 1. The number of carbonyl (C=O) groups is 1. The fourth-order valence-electron chi connectivity index (χ4n) is 2.00. The Balaban J connectivity index is 3.36. The Morgan fingerprint density at radius 3 is 2.00 bits per heavy atom. The monoisotopic (exact) mass is 267 g/mol. The molecule has 0 saturated carbocycles. The van der Waals surface area contributed by atoms with E-state index in [9.17, 15) is 4.79 Å². The minimum atomic E-state index is -0.139. The molecule has 0 fully saturated rings. The van der Waals surface area contributed by atoms with Crippen molar-refractivity contribution in [2.24, 2.45) is 0 Å². The lowest BCUT2D eigenvalue weighted by atomic mass is 10.1. The van der Waals surface area contributed by atoms with Crippen LogP contribution in [-0.2, 0) is 4.79 Å². The van der Waals surface area contributed by atoms with E-state index >= 15 is 0 Å². The molecule has 1 N–H and O–H groups in total. The van der Waals surface area contributed by atoms with Crippen LogP contribution in [0, 0.1) is 0 Å². The largest absolute Gasteiger partial charge is 0.348 e. The molecule has 0 atom stereocenters. The summed E-state index contributed by atoms with van der Waals surface area (Å²) in [4.78, 5) is 11.5. The van der Waals surface area contributed by atoms with Crippen LogP contribution < -0.4 is 5.32 Å². The van der Waals surface area contributed by atoms with Crippen molar-refractivity contribution >= 4 is 5.91 Å². The van der Waals surface area contributed by atoms with Crippen LogP contribution in [0.25, 0.3) is 0 Å². The van der Waals surface area contributed by atoms with E-state index in [0.29, 0.717) is 0 Å². The second-order valence-electron chi connectivity index (χ2n) is 6.41. The van der Waals surface area contributed by atoms with Gasteiger partial charge in [-0.15, -0.1) is 0 Å². The maximum atomic E-state index is 11.5. The third-order valence-corrected chi connectivity index (χ3v) is 2.99. The summed E-state index contributed by atoms with van der Waals surface area (Å²) in [5.74, 6) is 0.0204. The molecular formula is C17H33NO. The summed E-state index contributed by atoms with van der Waals surface area (Å²) in [6.07, 6.45) is 15.4. The highest BCUT2D eigenvalue weighted by molar-refractivity contribution is 5.87. The number of hydrogen-bond donors (Lipinski definition) is 1. The number of amides is 1. The van der Waals surface area contributed by atoms with Crippen molar-refractivity contribution in [3.05, 3.63) is 12.2 Å². The fourth-order valence-corrected chi connectivity index (χ4v) is 2.00. The number of hydrogen-bond acceptors (Lipinski definition) is 1. The molecule has 19 heavy (non-hydrogen) atoms. The summed E-state index contributed by atoms with van der Waals surface area (Å²) in [6.45, 7) is 8.24. The highest BCUT2D eigenvalue weighted by Crippen LogP contribution is 2.09. The average molecular weight is 267 g/mol. The molecule has 0 aromatic rings. The molecule has 0 aliphatic carbocycles. The molecule has 0 radical (unpaired) electrons. The molecule has 0 bridgehead atoms. The molecule has 0 aliphatic rings. The van der Waals surface area contributed by atoms with Crippen molar-refractivity contribution in [1.82, 2.24) is 5.32 Å². The molecule has 0 aromatic carbocycles. The van der Waals surface area contributed by atoms with Gasteiger partial charge >= 0.3 is 0 Å². The zero-order valence-electron chi connectivity index (χ0n) is 13.4. The molecule has 2 nitrogen and oxygen atoms in total. The van der Waals surface area contributed by atoms with E-state index in [-0.39, 0.29) is 11.4 Å². The van der Waals surface area contributed by atoms with E-state index in [1.807, 2.05) is 26.8 Å². The average Bonchev–Trinajstić information content (AvgIpc) is 2.29. The van der Waals surface area contributed by atoms with Gasteiger partial charge in [0, 0.05) is 5.54 Å². The maximum Gasteiger partial charge on any atom is 0.244 e. The Bertz CT molecular complexity index is 250. The van der Waals surface area contributed by atoms with Crippen LogP contribution in [0.5, 0.6) is 0 Å². The van der Waals surface area contributed by atoms with E-state index in [2.05, 4.69) is 12.2 Å². The van der Waals surface area contributed by atoms with Gasteiger partial charge in [0.2, 0.25) is 5.91 Å². The van der Waals surface area contributed by atoms with Crippen LogP contribution in [0.2, 0.25) is 0 Å². The van der Waals surface area contributed by atoms with E-state index < -0.39 is 0 Å². The van der Waals surface area contributed by atoms with Crippen molar-refractivity contribution < 1.29 is 4.79 Å². The van der Waals surface area contributed by atoms with E-state index in [1.165, 1.54) is 51.4 Å². The van der Waals surface area contributed by atoms with Gasteiger partial charge in [0.25, 0.3) is 0 Å².